The van der Waals surface area contributed by atoms with Crippen molar-refractivity contribution >= 4 is 21.7 Å². The molecule has 1 heteroatoms. The lowest BCUT2D eigenvalue weighted by Gasteiger charge is -2.30. The standard InChI is InChI=1S/C37H23N/c1-2-12-26-24(10-1)11-9-19-35(26)38-21-20-25-22-34-30(23-36(25)38)29-15-5-8-18-33(29)37(34)31-16-6-3-13-27(31)28-14-4-7-17-32(28)37/h1-23H. The molecule has 7 aromatic rings. The first-order chi connectivity index (χ1) is 18.9. The van der Waals surface area contributed by atoms with Crippen LogP contribution in [0.5, 0.6) is 0 Å². The van der Waals surface area contributed by atoms with Crippen LogP contribution in [0.2, 0.25) is 0 Å². The highest BCUT2D eigenvalue weighted by molar-refractivity contribution is 6.00. The minimum atomic E-state index is -0.297. The molecule has 0 bridgehead atoms. The molecule has 0 aliphatic heterocycles. The molecule has 0 amide bonds. The Morgan fingerprint density at radius 2 is 1.00 bits per heavy atom. The molecule has 1 aromatic heterocycles. The molecule has 1 heterocycles. The number of nitrogens with zero attached hydrogens (tertiary/aromatic N) is 1. The van der Waals surface area contributed by atoms with Crippen LogP contribution in [0.25, 0.3) is 49.6 Å². The van der Waals surface area contributed by atoms with Crippen molar-refractivity contribution in [1.82, 2.24) is 4.57 Å². The summed E-state index contributed by atoms with van der Waals surface area (Å²) in [4.78, 5) is 0. The summed E-state index contributed by atoms with van der Waals surface area (Å²) < 4.78 is 2.36. The summed E-state index contributed by atoms with van der Waals surface area (Å²) in [6, 6.07) is 49.4. The van der Waals surface area contributed by atoms with E-state index < -0.39 is 0 Å². The second-order valence-electron chi connectivity index (χ2n) is 10.5. The summed E-state index contributed by atoms with van der Waals surface area (Å²) in [6.07, 6.45) is 2.23. The highest BCUT2D eigenvalue weighted by Crippen LogP contribution is 2.63. The van der Waals surface area contributed by atoms with Gasteiger partial charge in [0, 0.05) is 17.0 Å². The molecule has 38 heavy (non-hydrogen) atoms. The first-order valence-corrected chi connectivity index (χ1v) is 13.3. The molecule has 0 unspecified atom stereocenters. The number of benzene rings is 6. The molecule has 0 fully saturated rings. The maximum atomic E-state index is 2.46. The van der Waals surface area contributed by atoms with Gasteiger partial charge in [0.05, 0.1) is 16.6 Å². The Morgan fingerprint density at radius 1 is 0.421 bits per heavy atom. The van der Waals surface area contributed by atoms with E-state index >= 15 is 0 Å². The van der Waals surface area contributed by atoms with E-state index in [4.69, 9.17) is 0 Å². The summed E-state index contributed by atoms with van der Waals surface area (Å²) in [6.45, 7) is 0. The molecule has 0 saturated heterocycles. The van der Waals surface area contributed by atoms with Crippen LogP contribution in [0.15, 0.2) is 140 Å². The highest BCUT2D eigenvalue weighted by Gasteiger charge is 2.51. The molecule has 0 atom stereocenters. The zero-order valence-electron chi connectivity index (χ0n) is 20.7. The van der Waals surface area contributed by atoms with Crippen LogP contribution < -0.4 is 0 Å². The average molecular weight is 482 g/mol. The third kappa shape index (κ3) is 2.33. The summed E-state index contributed by atoms with van der Waals surface area (Å²) >= 11 is 0. The van der Waals surface area contributed by atoms with E-state index in [-0.39, 0.29) is 5.41 Å². The lowest BCUT2D eigenvalue weighted by Crippen LogP contribution is -2.25. The Morgan fingerprint density at radius 3 is 1.71 bits per heavy atom. The summed E-state index contributed by atoms with van der Waals surface area (Å²) in [5.74, 6) is 0. The fraction of sp³-hybridized carbons (Fsp3) is 0.0270. The van der Waals surface area contributed by atoms with Crippen LogP contribution in [0.1, 0.15) is 22.3 Å². The molecule has 0 radical (unpaired) electrons. The molecular formula is C37H23N. The Kier molecular flexibility index (Phi) is 3.78. The molecule has 1 nitrogen and oxygen atoms in total. The van der Waals surface area contributed by atoms with E-state index in [9.17, 15) is 0 Å². The van der Waals surface area contributed by atoms with E-state index in [2.05, 4.69) is 144 Å². The van der Waals surface area contributed by atoms with Gasteiger partial charge in [-0.2, -0.15) is 0 Å². The van der Waals surface area contributed by atoms with Crippen LogP contribution in [0, 0.1) is 0 Å². The number of aromatic nitrogens is 1. The van der Waals surface area contributed by atoms with Crippen LogP contribution in [-0.4, -0.2) is 4.57 Å². The maximum Gasteiger partial charge on any atom is 0.0725 e. The van der Waals surface area contributed by atoms with Gasteiger partial charge < -0.3 is 4.57 Å². The third-order valence-corrected chi connectivity index (χ3v) is 8.83. The van der Waals surface area contributed by atoms with Crippen molar-refractivity contribution in [2.24, 2.45) is 0 Å². The molecule has 0 N–H and O–H groups in total. The van der Waals surface area contributed by atoms with Crippen molar-refractivity contribution in [3.05, 3.63) is 162 Å². The minimum absolute atomic E-state index is 0.297. The molecule has 176 valence electrons. The predicted molar refractivity (Wildman–Crippen MR) is 157 cm³/mol. The number of rotatable bonds is 1. The first kappa shape index (κ1) is 20.2. The van der Waals surface area contributed by atoms with Gasteiger partial charge in [0.1, 0.15) is 0 Å². The monoisotopic (exact) mass is 481 g/mol. The van der Waals surface area contributed by atoms with Crippen molar-refractivity contribution in [1.29, 1.82) is 0 Å². The van der Waals surface area contributed by atoms with E-state index in [1.54, 1.807) is 0 Å². The van der Waals surface area contributed by atoms with Crippen molar-refractivity contribution in [2.45, 2.75) is 5.41 Å². The fourth-order valence-corrected chi connectivity index (χ4v) is 7.35. The molecule has 0 saturated carbocycles. The normalized spacial score (nSPS) is 14.0. The highest BCUT2D eigenvalue weighted by atomic mass is 15.0. The second-order valence-corrected chi connectivity index (χ2v) is 10.5. The zero-order chi connectivity index (χ0) is 24.8. The number of hydrogen-bond acceptors (Lipinski definition) is 0. The Bertz CT molecular complexity index is 2040. The summed E-state index contributed by atoms with van der Waals surface area (Å²) in [5.41, 5.74) is 13.1. The van der Waals surface area contributed by atoms with Crippen molar-refractivity contribution in [2.75, 3.05) is 0 Å². The average Bonchev–Trinajstić information content (AvgIpc) is 3.62. The summed E-state index contributed by atoms with van der Waals surface area (Å²) in [7, 11) is 0. The van der Waals surface area contributed by atoms with Gasteiger partial charge in [-0.3, -0.25) is 0 Å². The van der Waals surface area contributed by atoms with Crippen LogP contribution in [0.4, 0.5) is 0 Å². The summed E-state index contributed by atoms with van der Waals surface area (Å²) in [5, 5.41) is 3.80. The lowest BCUT2D eigenvalue weighted by atomic mass is 9.70. The SMILES string of the molecule is c1ccc2c(c1)-c1ccccc1C21c2ccccc2-c2cc3c(ccn3-c3cccc4ccccc34)cc21. The van der Waals surface area contributed by atoms with Crippen molar-refractivity contribution < 1.29 is 0 Å². The molecule has 2 aliphatic rings. The van der Waals surface area contributed by atoms with Gasteiger partial charge in [-0.15, -0.1) is 0 Å². The number of hydrogen-bond donors (Lipinski definition) is 0. The van der Waals surface area contributed by atoms with Crippen LogP contribution in [-0.2, 0) is 5.41 Å². The van der Waals surface area contributed by atoms with Gasteiger partial charge in [0.25, 0.3) is 0 Å². The molecular weight excluding hydrogens is 458 g/mol. The minimum Gasteiger partial charge on any atom is -0.316 e. The second kappa shape index (κ2) is 7.12. The van der Waals surface area contributed by atoms with E-state index in [0.29, 0.717) is 0 Å². The van der Waals surface area contributed by atoms with Gasteiger partial charge >= 0.3 is 0 Å². The van der Waals surface area contributed by atoms with Gasteiger partial charge in [-0.25, -0.2) is 0 Å². The van der Waals surface area contributed by atoms with Crippen molar-refractivity contribution in [3.8, 4) is 27.9 Å². The Balaban J connectivity index is 1.40. The fourth-order valence-electron chi connectivity index (χ4n) is 7.35. The molecule has 1 spiro atoms. The molecule has 2 aliphatic carbocycles. The first-order valence-electron chi connectivity index (χ1n) is 13.3. The van der Waals surface area contributed by atoms with Gasteiger partial charge in [-0.1, -0.05) is 109 Å². The Labute approximate surface area is 221 Å². The van der Waals surface area contributed by atoms with E-state index in [1.807, 2.05) is 0 Å². The third-order valence-electron chi connectivity index (χ3n) is 8.83. The van der Waals surface area contributed by atoms with E-state index in [1.165, 1.54) is 71.9 Å². The van der Waals surface area contributed by atoms with Gasteiger partial charge in [0.2, 0.25) is 0 Å². The van der Waals surface area contributed by atoms with Crippen LogP contribution in [0.3, 0.4) is 0 Å². The van der Waals surface area contributed by atoms with Crippen LogP contribution >= 0.6 is 0 Å². The predicted octanol–water partition coefficient (Wildman–Crippen LogP) is 9.13. The smallest absolute Gasteiger partial charge is 0.0725 e. The maximum absolute atomic E-state index is 2.46. The topological polar surface area (TPSA) is 4.93 Å². The molecule has 6 aromatic carbocycles. The quantitative estimate of drug-likeness (QED) is 0.220. The van der Waals surface area contributed by atoms with Gasteiger partial charge in [0.15, 0.2) is 0 Å². The zero-order valence-corrected chi connectivity index (χ0v) is 20.7. The lowest BCUT2D eigenvalue weighted by molar-refractivity contribution is 0.795. The van der Waals surface area contributed by atoms with Gasteiger partial charge in [-0.05, 0) is 74.2 Å². The molecule has 9 rings (SSSR count). The van der Waals surface area contributed by atoms with Crippen molar-refractivity contribution in [3.63, 3.8) is 0 Å². The Hall–Kier alpha value is -4.88. The van der Waals surface area contributed by atoms with E-state index in [0.717, 1.165) is 0 Å². The number of fused-ring (bicyclic) bond motifs is 12. The largest absolute Gasteiger partial charge is 0.316 e.